The molecule has 1 aliphatic heterocycles. The van der Waals surface area contributed by atoms with Crippen molar-refractivity contribution >= 4 is 21.6 Å². The number of halogens is 1. The second-order valence-electron chi connectivity index (χ2n) is 5.26. The van der Waals surface area contributed by atoms with Crippen LogP contribution >= 0.6 is 11.6 Å². The Morgan fingerprint density at radius 2 is 1.67 bits per heavy atom. The molecule has 0 unspecified atom stereocenters. The highest BCUT2D eigenvalue weighted by Gasteiger charge is 2.46. The van der Waals surface area contributed by atoms with Gasteiger partial charge in [-0.2, -0.15) is 4.31 Å². The number of rotatable bonds is 3. The summed E-state index contributed by atoms with van der Waals surface area (Å²) in [5.74, 6) is 0. The Balaban J connectivity index is 1.94. The van der Waals surface area contributed by atoms with E-state index in [0.717, 1.165) is 11.1 Å². The van der Waals surface area contributed by atoms with Gasteiger partial charge in [0.05, 0.1) is 16.3 Å². The van der Waals surface area contributed by atoms with E-state index in [1.165, 1.54) is 4.31 Å². The van der Waals surface area contributed by atoms with Crippen LogP contribution in [-0.2, 0) is 10.0 Å². The molecule has 0 spiro atoms. The van der Waals surface area contributed by atoms with Crippen LogP contribution in [0.4, 0.5) is 0 Å². The fraction of sp³-hybridized carbons (Fsp3) is 0.250. The van der Waals surface area contributed by atoms with Crippen molar-refractivity contribution < 1.29 is 8.42 Å². The smallest absolute Gasteiger partial charge is 0.207 e. The average Bonchev–Trinajstić information content (AvgIpc) is 2.46. The lowest BCUT2D eigenvalue weighted by Crippen LogP contribution is -2.53. The summed E-state index contributed by atoms with van der Waals surface area (Å²) in [5.41, 5.74) is 1.96. The lowest BCUT2D eigenvalue weighted by Gasteiger charge is -2.44. The molecule has 0 amide bonds. The maximum absolute atomic E-state index is 12.7. The number of hydrogen-bond donors (Lipinski definition) is 0. The van der Waals surface area contributed by atoms with Gasteiger partial charge in [0, 0.05) is 6.54 Å². The first-order valence-corrected chi connectivity index (χ1v) is 8.65. The van der Waals surface area contributed by atoms with E-state index < -0.39 is 10.0 Å². The van der Waals surface area contributed by atoms with Crippen LogP contribution in [0.25, 0.3) is 0 Å². The van der Waals surface area contributed by atoms with E-state index in [2.05, 4.69) is 0 Å². The van der Waals surface area contributed by atoms with Crippen molar-refractivity contribution in [2.24, 2.45) is 0 Å². The van der Waals surface area contributed by atoms with Gasteiger partial charge in [0.15, 0.2) is 0 Å². The normalized spacial score (nSPS) is 22.8. The molecule has 1 fully saturated rings. The highest BCUT2D eigenvalue weighted by molar-refractivity contribution is 7.89. The van der Waals surface area contributed by atoms with Gasteiger partial charge >= 0.3 is 0 Å². The number of alkyl halides is 1. The van der Waals surface area contributed by atoms with Crippen molar-refractivity contribution in [1.29, 1.82) is 0 Å². The summed E-state index contributed by atoms with van der Waals surface area (Å²) in [5, 5.41) is -0.187. The molecule has 1 heterocycles. The number of hydrogen-bond acceptors (Lipinski definition) is 2. The number of nitrogens with zero attached hydrogens (tertiary/aromatic N) is 1. The topological polar surface area (TPSA) is 37.4 Å². The second-order valence-corrected chi connectivity index (χ2v) is 7.71. The molecule has 1 saturated heterocycles. The van der Waals surface area contributed by atoms with Crippen molar-refractivity contribution in [3.63, 3.8) is 0 Å². The Morgan fingerprint density at radius 1 is 1.05 bits per heavy atom. The first-order valence-electron chi connectivity index (χ1n) is 6.77. The molecule has 2 aromatic rings. The third-order valence-corrected chi connectivity index (χ3v) is 6.01. The third-order valence-electron chi connectivity index (χ3n) is 3.78. The van der Waals surface area contributed by atoms with Gasteiger partial charge in [-0.05, 0) is 24.6 Å². The molecule has 0 N–H and O–H groups in total. The molecule has 0 aromatic heterocycles. The van der Waals surface area contributed by atoms with E-state index >= 15 is 0 Å². The van der Waals surface area contributed by atoms with Crippen LogP contribution in [-0.4, -0.2) is 24.6 Å². The van der Waals surface area contributed by atoms with Crippen LogP contribution < -0.4 is 0 Å². The summed E-state index contributed by atoms with van der Waals surface area (Å²) in [6.07, 6.45) is 0. The quantitative estimate of drug-likeness (QED) is 0.813. The van der Waals surface area contributed by atoms with Gasteiger partial charge in [-0.25, -0.2) is 8.42 Å². The van der Waals surface area contributed by atoms with Crippen LogP contribution in [0.3, 0.4) is 0 Å². The predicted octanol–water partition coefficient (Wildman–Crippen LogP) is 3.35. The Bertz CT molecular complexity index is 729. The zero-order valence-electron chi connectivity index (χ0n) is 11.6. The van der Waals surface area contributed by atoms with Gasteiger partial charge in [0.1, 0.15) is 0 Å². The summed E-state index contributed by atoms with van der Waals surface area (Å²) in [7, 11) is -3.50. The minimum Gasteiger partial charge on any atom is -0.207 e. The predicted molar refractivity (Wildman–Crippen MR) is 83.9 cm³/mol. The zero-order valence-corrected chi connectivity index (χ0v) is 13.2. The first-order chi connectivity index (χ1) is 10.00. The van der Waals surface area contributed by atoms with E-state index in [1.54, 1.807) is 12.1 Å². The summed E-state index contributed by atoms with van der Waals surface area (Å²) >= 11 is 6.26. The lowest BCUT2D eigenvalue weighted by atomic mass is 9.97. The largest absolute Gasteiger partial charge is 0.243 e. The second kappa shape index (κ2) is 5.44. The van der Waals surface area contributed by atoms with Gasteiger partial charge in [-0.3, -0.25) is 0 Å². The van der Waals surface area contributed by atoms with E-state index in [9.17, 15) is 8.42 Å². The molecule has 0 saturated carbocycles. The Morgan fingerprint density at radius 3 is 2.24 bits per heavy atom. The maximum Gasteiger partial charge on any atom is 0.243 e. The highest BCUT2D eigenvalue weighted by atomic mass is 35.5. The van der Waals surface area contributed by atoms with Crippen molar-refractivity contribution in [3.05, 3.63) is 65.7 Å². The first kappa shape index (κ1) is 14.6. The fourth-order valence-corrected chi connectivity index (χ4v) is 4.80. The number of benzene rings is 2. The van der Waals surface area contributed by atoms with E-state index in [1.807, 2.05) is 49.4 Å². The Hall–Kier alpha value is -1.36. The average molecular weight is 322 g/mol. The van der Waals surface area contributed by atoms with Gasteiger partial charge in [-0.15, -0.1) is 11.6 Å². The van der Waals surface area contributed by atoms with Crippen LogP contribution in [0.1, 0.15) is 17.2 Å². The number of sulfonamides is 1. The van der Waals surface area contributed by atoms with Crippen molar-refractivity contribution in [2.45, 2.75) is 23.2 Å². The summed E-state index contributed by atoms with van der Waals surface area (Å²) in [6, 6.07) is 16.1. The summed E-state index contributed by atoms with van der Waals surface area (Å²) in [6.45, 7) is 2.28. The highest BCUT2D eigenvalue weighted by Crippen LogP contribution is 2.41. The van der Waals surface area contributed by atoms with Gasteiger partial charge in [0.25, 0.3) is 0 Å². The standard InChI is InChI=1S/C16H16ClNO2S/c1-12-7-9-14(10-8-12)21(19,20)18-11-15(17)16(18)13-5-3-2-4-6-13/h2-10,15-16H,11H2,1H3/t15-,16+/m0/s1. The molecular formula is C16H16ClNO2S. The SMILES string of the molecule is Cc1ccc(S(=O)(=O)N2C[C@H](Cl)[C@H]2c2ccccc2)cc1. The molecular weight excluding hydrogens is 306 g/mol. The minimum absolute atomic E-state index is 0.187. The maximum atomic E-state index is 12.7. The Kier molecular flexibility index (Phi) is 3.78. The Labute approximate surface area is 130 Å². The molecule has 2 atom stereocenters. The summed E-state index contributed by atoms with van der Waals surface area (Å²) < 4.78 is 26.9. The van der Waals surface area contributed by atoms with Crippen LogP contribution in [0.15, 0.2) is 59.5 Å². The molecule has 1 aliphatic rings. The molecule has 3 rings (SSSR count). The van der Waals surface area contributed by atoms with Crippen LogP contribution in [0, 0.1) is 6.92 Å². The van der Waals surface area contributed by atoms with Gasteiger partial charge in [0.2, 0.25) is 10.0 Å². The molecule has 5 heteroatoms. The van der Waals surface area contributed by atoms with Gasteiger partial charge in [-0.1, -0.05) is 48.0 Å². The monoisotopic (exact) mass is 321 g/mol. The molecule has 3 nitrogen and oxygen atoms in total. The molecule has 0 bridgehead atoms. The molecule has 110 valence electrons. The minimum atomic E-state index is -3.50. The van der Waals surface area contributed by atoms with Crippen molar-refractivity contribution in [1.82, 2.24) is 4.31 Å². The van der Waals surface area contributed by atoms with Crippen molar-refractivity contribution in [3.8, 4) is 0 Å². The van der Waals surface area contributed by atoms with E-state index in [4.69, 9.17) is 11.6 Å². The molecule has 21 heavy (non-hydrogen) atoms. The number of aryl methyl sites for hydroxylation is 1. The van der Waals surface area contributed by atoms with Crippen molar-refractivity contribution in [2.75, 3.05) is 6.54 Å². The fourth-order valence-electron chi connectivity index (χ4n) is 2.55. The van der Waals surface area contributed by atoms with E-state index in [-0.39, 0.29) is 11.4 Å². The summed E-state index contributed by atoms with van der Waals surface area (Å²) in [4.78, 5) is 0.317. The molecule has 0 aliphatic carbocycles. The molecule has 2 aromatic carbocycles. The van der Waals surface area contributed by atoms with E-state index in [0.29, 0.717) is 11.4 Å². The third kappa shape index (κ3) is 2.59. The zero-order chi connectivity index (χ0) is 15.0. The molecule has 0 radical (unpaired) electrons. The van der Waals surface area contributed by atoms with Gasteiger partial charge < -0.3 is 0 Å². The lowest BCUT2D eigenvalue weighted by molar-refractivity contribution is 0.209. The van der Waals surface area contributed by atoms with Crippen LogP contribution in [0.2, 0.25) is 0 Å². The van der Waals surface area contributed by atoms with Crippen LogP contribution in [0.5, 0.6) is 0 Å².